The van der Waals surface area contributed by atoms with Crippen molar-refractivity contribution in [1.82, 2.24) is 10.3 Å². The number of methoxy groups -OCH3 is 1. The molecule has 1 N–H and O–H groups in total. The van der Waals surface area contributed by atoms with Gasteiger partial charge in [0.05, 0.1) is 13.2 Å². The molecular weight excluding hydrogens is 304 g/mol. The van der Waals surface area contributed by atoms with Gasteiger partial charge in [-0.2, -0.15) is 0 Å². The molecule has 3 nitrogen and oxygen atoms in total. The zero-order valence-corrected chi connectivity index (χ0v) is 12.6. The van der Waals surface area contributed by atoms with E-state index in [4.69, 9.17) is 4.74 Å². The molecule has 2 rings (SSSR count). The Bertz CT molecular complexity index is 545. The van der Waals surface area contributed by atoms with Crippen LogP contribution in [-0.2, 0) is 0 Å². The Balaban J connectivity index is 2.49. The zero-order chi connectivity index (χ0) is 13.7. The van der Waals surface area contributed by atoms with Gasteiger partial charge in [0.15, 0.2) is 0 Å². The third-order valence-electron chi connectivity index (χ3n) is 2.92. The number of pyridine rings is 1. The van der Waals surface area contributed by atoms with Gasteiger partial charge in [-0.05, 0) is 30.3 Å². The van der Waals surface area contributed by atoms with Gasteiger partial charge in [-0.15, -0.1) is 0 Å². The minimum absolute atomic E-state index is 0.0109. The lowest BCUT2D eigenvalue weighted by Crippen LogP contribution is -2.23. The van der Waals surface area contributed by atoms with Gasteiger partial charge in [0.25, 0.3) is 0 Å². The number of benzene rings is 1. The van der Waals surface area contributed by atoms with Crippen molar-refractivity contribution in [3.63, 3.8) is 0 Å². The van der Waals surface area contributed by atoms with Gasteiger partial charge in [-0.25, -0.2) is 0 Å². The van der Waals surface area contributed by atoms with Gasteiger partial charge in [0, 0.05) is 10.7 Å². The van der Waals surface area contributed by atoms with Crippen molar-refractivity contribution in [2.75, 3.05) is 13.7 Å². The van der Waals surface area contributed by atoms with Gasteiger partial charge in [0.2, 0.25) is 0 Å². The molecule has 1 aromatic carbocycles. The standard InChI is InChI=1S/C15H17BrN2O/c1-3-17-14(11-7-4-5-8-12(11)16)15-13(19-2)9-6-10-18-15/h4-10,14,17H,3H2,1-2H3. The number of aromatic nitrogens is 1. The van der Waals surface area contributed by atoms with Crippen LogP contribution in [0.4, 0.5) is 0 Å². The summed E-state index contributed by atoms with van der Waals surface area (Å²) in [5.74, 6) is 0.796. The first-order valence-corrected chi connectivity index (χ1v) is 7.04. The molecule has 0 saturated carbocycles. The molecule has 1 heterocycles. The fourth-order valence-corrected chi connectivity index (χ4v) is 2.57. The molecule has 0 aliphatic rings. The summed E-state index contributed by atoms with van der Waals surface area (Å²) in [6.07, 6.45) is 1.79. The van der Waals surface area contributed by atoms with Gasteiger partial charge in [-0.1, -0.05) is 41.1 Å². The number of hydrogen-bond donors (Lipinski definition) is 1. The molecule has 1 atom stereocenters. The predicted octanol–water partition coefficient (Wildman–Crippen LogP) is 3.55. The van der Waals surface area contributed by atoms with Crippen LogP contribution in [-0.4, -0.2) is 18.6 Å². The molecule has 0 amide bonds. The Morgan fingerprint density at radius 3 is 2.74 bits per heavy atom. The van der Waals surface area contributed by atoms with Gasteiger partial charge in [0.1, 0.15) is 11.4 Å². The fourth-order valence-electron chi connectivity index (χ4n) is 2.06. The lowest BCUT2D eigenvalue weighted by molar-refractivity contribution is 0.400. The summed E-state index contributed by atoms with van der Waals surface area (Å²) in [6, 6.07) is 12.0. The van der Waals surface area contributed by atoms with Crippen molar-refractivity contribution in [1.29, 1.82) is 0 Å². The third-order valence-corrected chi connectivity index (χ3v) is 3.64. The highest BCUT2D eigenvalue weighted by Crippen LogP contribution is 2.31. The highest BCUT2D eigenvalue weighted by molar-refractivity contribution is 9.10. The number of ether oxygens (including phenoxy) is 1. The van der Waals surface area contributed by atoms with E-state index in [2.05, 4.69) is 39.2 Å². The summed E-state index contributed by atoms with van der Waals surface area (Å²) in [5, 5.41) is 3.46. The lowest BCUT2D eigenvalue weighted by Gasteiger charge is -2.21. The first kappa shape index (κ1) is 14.0. The molecule has 4 heteroatoms. The minimum Gasteiger partial charge on any atom is -0.495 e. The maximum absolute atomic E-state index is 5.42. The maximum Gasteiger partial charge on any atom is 0.142 e. The van der Waals surface area contributed by atoms with Crippen LogP contribution in [0.15, 0.2) is 47.1 Å². The zero-order valence-electron chi connectivity index (χ0n) is 11.1. The molecule has 100 valence electrons. The quantitative estimate of drug-likeness (QED) is 0.914. The fraction of sp³-hybridized carbons (Fsp3) is 0.267. The number of nitrogens with zero attached hydrogens (tertiary/aromatic N) is 1. The van der Waals surface area contributed by atoms with E-state index in [-0.39, 0.29) is 6.04 Å². The Morgan fingerprint density at radius 2 is 2.05 bits per heavy atom. The summed E-state index contributed by atoms with van der Waals surface area (Å²) in [7, 11) is 1.67. The largest absolute Gasteiger partial charge is 0.495 e. The van der Waals surface area contributed by atoms with Crippen LogP contribution < -0.4 is 10.1 Å². The second-order valence-electron chi connectivity index (χ2n) is 4.10. The molecule has 0 spiro atoms. The first-order chi connectivity index (χ1) is 9.27. The minimum atomic E-state index is 0.0109. The normalized spacial score (nSPS) is 12.2. The first-order valence-electron chi connectivity index (χ1n) is 6.24. The molecular formula is C15H17BrN2O. The van der Waals surface area contributed by atoms with E-state index in [0.29, 0.717) is 0 Å². The highest BCUT2D eigenvalue weighted by atomic mass is 79.9. The summed E-state index contributed by atoms with van der Waals surface area (Å²) in [6.45, 7) is 2.94. The van der Waals surface area contributed by atoms with E-state index >= 15 is 0 Å². The molecule has 19 heavy (non-hydrogen) atoms. The van der Waals surface area contributed by atoms with E-state index in [0.717, 1.165) is 28.0 Å². The van der Waals surface area contributed by atoms with Gasteiger partial charge >= 0.3 is 0 Å². The van der Waals surface area contributed by atoms with Crippen molar-refractivity contribution in [3.8, 4) is 5.75 Å². The van der Waals surface area contributed by atoms with Gasteiger partial charge < -0.3 is 10.1 Å². The SMILES string of the molecule is CCNC(c1ccccc1Br)c1ncccc1OC. The number of nitrogens with one attached hydrogen (secondary N) is 1. The van der Waals surface area contributed by atoms with Crippen molar-refractivity contribution < 1.29 is 4.74 Å². The molecule has 2 aromatic rings. The maximum atomic E-state index is 5.42. The summed E-state index contributed by atoms with van der Waals surface area (Å²) < 4.78 is 6.48. The topological polar surface area (TPSA) is 34.2 Å². The van der Waals surface area contributed by atoms with E-state index in [1.165, 1.54) is 0 Å². The Kier molecular flexibility index (Phi) is 4.93. The van der Waals surface area contributed by atoms with E-state index in [1.807, 2.05) is 30.3 Å². The van der Waals surface area contributed by atoms with Crippen molar-refractivity contribution in [3.05, 3.63) is 58.3 Å². The van der Waals surface area contributed by atoms with E-state index < -0.39 is 0 Å². The highest BCUT2D eigenvalue weighted by Gasteiger charge is 2.20. The summed E-state index contributed by atoms with van der Waals surface area (Å²) in [4.78, 5) is 4.48. The van der Waals surface area contributed by atoms with Crippen LogP contribution in [0.3, 0.4) is 0 Å². The Labute approximate surface area is 122 Å². The molecule has 1 unspecified atom stereocenters. The number of hydrogen-bond acceptors (Lipinski definition) is 3. The molecule has 0 fully saturated rings. The van der Waals surface area contributed by atoms with Crippen LogP contribution in [0, 0.1) is 0 Å². The Hall–Kier alpha value is -1.39. The summed E-state index contributed by atoms with van der Waals surface area (Å²) >= 11 is 3.60. The average molecular weight is 321 g/mol. The van der Waals surface area contributed by atoms with Crippen LogP contribution in [0.1, 0.15) is 24.2 Å². The number of rotatable bonds is 5. The second-order valence-corrected chi connectivity index (χ2v) is 4.96. The summed E-state index contributed by atoms with van der Waals surface area (Å²) in [5.41, 5.74) is 2.06. The van der Waals surface area contributed by atoms with Crippen LogP contribution in [0.2, 0.25) is 0 Å². The van der Waals surface area contributed by atoms with E-state index in [1.54, 1.807) is 13.3 Å². The number of halogens is 1. The molecule has 0 saturated heterocycles. The molecule has 0 radical (unpaired) electrons. The second kappa shape index (κ2) is 6.68. The van der Waals surface area contributed by atoms with Crippen molar-refractivity contribution >= 4 is 15.9 Å². The van der Waals surface area contributed by atoms with Crippen molar-refractivity contribution in [2.24, 2.45) is 0 Å². The molecule has 0 bridgehead atoms. The Morgan fingerprint density at radius 1 is 1.26 bits per heavy atom. The van der Waals surface area contributed by atoms with Crippen LogP contribution >= 0.6 is 15.9 Å². The lowest BCUT2D eigenvalue weighted by atomic mass is 10.0. The average Bonchev–Trinajstić information content (AvgIpc) is 2.46. The van der Waals surface area contributed by atoms with Crippen LogP contribution in [0.25, 0.3) is 0 Å². The van der Waals surface area contributed by atoms with Crippen LogP contribution in [0.5, 0.6) is 5.75 Å². The van der Waals surface area contributed by atoms with E-state index in [9.17, 15) is 0 Å². The molecule has 0 aliphatic carbocycles. The monoisotopic (exact) mass is 320 g/mol. The van der Waals surface area contributed by atoms with Gasteiger partial charge in [-0.3, -0.25) is 4.98 Å². The van der Waals surface area contributed by atoms with Crippen molar-refractivity contribution in [2.45, 2.75) is 13.0 Å². The molecule has 1 aromatic heterocycles. The third kappa shape index (κ3) is 3.14. The smallest absolute Gasteiger partial charge is 0.142 e. The predicted molar refractivity (Wildman–Crippen MR) is 80.5 cm³/mol. The molecule has 0 aliphatic heterocycles.